The molecule has 2 rings (SSSR count). The predicted octanol–water partition coefficient (Wildman–Crippen LogP) is 4.25. The number of carbonyl (C=O) groups is 1. The smallest absolute Gasteiger partial charge is 0.267 e. The van der Waals surface area contributed by atoms with E-state index in [2.05, 4.69) is 5.32 Å². The van der Waals surface area contributed by atoms with Gasteiger partial charge in [-0.15, -0.1) is 11.3 Å². The lowest BCUT2D eigenvalue weighted by molar-refractivity contribution is 0.103. The molecule has 1 amide bonds. The third-order valence-electron chi connectivity index (χ3n) is 2.60. The van der Waals surface area contributed by atoms with Crippen molar-refractivity contribution in [3.05, 3.63) is 49.6 Å². The van der Waals surface area contributed by atoms with E-state index >= 15 is 0 Å². The van der Waals surface area contributed by atoms with Gasteiger partial charge < -0.3 is 11.1 Å². The summed E-state index contributed by atoms with van der Waals surface area (Å²) in [5, 5.41) is 5.49. The molecular formula is C13H10Cl2N2OS2. The van der Waals surface area contributed by atoms with Crippen LogP contribution < -0.4 is 11.1 Å². The largest absolute Gasteiger partial charge is 0.389 e. The number of rotatable bonds is 3. The van der Waals surface area contributed by atoms with Crippen molar-refractivity contribution in [3.63, 3.8) is 0 Å². The fourth-order valence-corrected chi connectivity index (χ4v) is 3.12. The Morgan fingerprint density at radius 2 is 2.10 bits per heavy atom. The molecule has 1 heterocycles. The van der Waals surface area contributed by atoms with Crippen LogP contribution in [0.5, 0.6) is 0 Å². The van der Waals surface area contributed by atoms with Crippen molar-refractivity contribution in [1.82, 2.24) is 0 Å². The fourth-order valence-electron chi connectivity index (χ4n) is 1.60. The second-order valence-corrected chi connectivity index (χ2v) is 6.20. The molecule has 0 radical (unpaired) electrons. The van der Waals surface area contributed by atoms with Crippen LogP contribution in [0.1, 0.15) is 20.8 Å². The third kappa shape index (κ3) is 3.12. The monoisotopic (exact) mass is 344 g/mol. The summed E-state index contributed by atoms with van der Waals surface area (Å²) in [6.07, 6.45) is 0. The van der Waals surface area contributed by atoms with E-state index in [9.17, 15) is 4.79 Å². The molecule has 1 aromatic carbocycles. The van der Waals surface area contributed by atoms with Crippen molar-refractivity contribution < 1.29 is 4.79 Å². The molecule has 7 heteroatoms. The van der Waals surface area contributed by atoms with E-state index in [0.717, 1.165) is 5.56 Å². The normalized spacial score (nSPS) is 10.3. The van der Waals surface area contributed by atoms with Gasteiger partial charge in [-0.05, 0) is 36.1 Å². The molecule has 3 nitrogen and oxygen atoms in total. The predicted molar refractivity (Wildman–Crippen MR) is 89.4 cm³/mol. The van der Waals surface area contributed by atoms with E-state index < -0.39 is 0 Å². The van der Waals surface area contributed by atoms with Gasteiger partial charge >= 0.3 is 0 Å². The van der Waals surface area contributed by atoms with E-state index in [1.165, 1.54) is 11.3 Å². The molecule has 104 valence electrons. The first-order valence-electron chi connectivity index (χ1n) is 5.54. The lowest BCUT2D eigenvalue weighted by Crippen LogP contribution is -2.17. The van der Waals surface area contributed by atoms with Gasteiger partial charge in [0, 0.05) is 10.6 Å². The van der Waals surface area contributed by atoms with Gasteiger partial charge in [-0.1, -0.05) is 35.4 Å². The minimum Gasteiger partial charge on any atom is -0.389 e. The van der Waals surface area contributed by atoms with Crippen molar-refractivity contribution in [2.45, 2.75) is 6.92 Å². The highest BCUT2D eigenvalue weighted by Gasteiger charge is 2.16. The number of amides is 1. The fraction of sp³-hybridized carbons (Fsp3) is 0.0769. The number of carbonyl (C=O) groups excluding carboxylic acids is 1. The number of thiocarbonyl (C=S) groups is 1. The second kappa shape index (κ2) is 6.10. The highest BCUT2D eigenvalue weighted by Crippen LogP contribution is 2.29. The number of aryl methyl sites for hydroxylation is 1. The Labute approximate surface area is 135 Å². The van der Waals surface area contributed by atoms with Crippen LogP contribution in [0.4, 0.5) is 5.69 Å². The van der Waals surface area contributed by atoms with Crippen LogP contribution in [0.3, 0.4) is 0 Å². The number of nitrogens with two attached hydrogens (primary N) is 1. The first kappa shape index (κ1) is 15.3. The molecule has 0 atom stereocenters. The Balaban J connectivity index is 2.35. The van der Waals surface area contributed by atoms with Gasteiger partial charge in [-0.3, -0.25) is 4.79 Å². The average molecular weight is 345 g/mol. The van der Waals surface area contributed by atoms with E-state index in [4.69, 9.17) is 41.2 Å². The van der Waals surface area contributed by atoms with Crippen molar-refractivity contribution in [3.8, 4) is 0 Å². The molecule has 2 aromatic rings. The zero-order valence-corrected chi connectivity index (χ0v) is 13.5. The molecular weight excluding hydrogens is 335 g/mol. The Morgan fingerprint density at radius 1 is 1.40 bits per heavy atom. The summed E-state index contributed by atoms with van der Waals surface area (Å²) < 4.78 is 0. The number of hydrogen-bond donors (Lipinski definition) is 2. The molecule has 0 unspecified atom stereocenters. The molecule has 3 N–H and O–H groups in total. The van der Waals surface area contributed by atoms with Gasteiger partial charge in [0.1, 0.15) is 9.87 Å². The SMILES string of the molecule is Cc1csc(C(=O)Nc2cc(Cl)ccc2C(N)=S)c1Cl. The van der Waals surface area contributed by atoms with Crippen LogP contribution in [0.15, 0.2) is 23.6 Å². The molecule has 0 saturated heterocycles. The maximum absolute atomic E-state index is 12.2. The molecule has 20 heavy (non-hydrogen) atoms. The van der Waals surface area contributed by atoms with E-state index in [-0.39, 0.29) is 10.9 Å². The number of halogens is 2. The number of nitrogens with one attached hydrogen (secondary N) is 1. The van der Waals surface area contributed by atoms with Crippen LogP contribution in [-0.4, -0.2) is 10.9 Å². The van der Waals surface area contributed by atoms with Gasteiger partial charge in [-0.2, -0.15) is 0 Å². The molecule has 0 bridgehead atoms. The molecule has 0 aliphatic rings. The summed E-state index contributed by atoms with van der Waals surface area (Å²) in [4.78, 5) is 12.9. The first-order chi connectivity index (χ1) is 9.40. The minimum absolute atomic E-state index is 0.186. The van der Waals surface area contributed by atoms with Crippen molar-refractivity contribution in [2.75, 3.05) is 5.32 Å². The number of anilines is 1. The standard InChI is InChI=1S/C13H10Cl2N2OS2/c1-6-5-20-11(10(6)15)13(18)17-9-4-7(14)2-3-8(9)12(16)19/h2-5H,1H3,(H2,16,19)(H,17,18). The Bertz CT molecular complexity index is 698. The van der Waals surface area contributed by atoms with Gasteiger partial charge in [-0.25, -0.2) is 0 Å². The summed E-state index contributed by atoms with van der Waals surface area (Å²) in [7, 11) is 0. The van der Waals surface area contributed by atoms with E-state index in [1.807, 2.05) is 12.3 Å². The van der Waals surface area contributed by atoms with Crippen LogP contribution in [0, 0.1) is 6.92 Å². The summed E-state index contributed by atoms with van der Waals surface area (Å²) in [5.74, 6) is -0.312. The molecule has 0 aliphatic carbocycles. The molecule has 0 spiro atoms. The zero-order chi connectivity index (χ0) is 14.9. The molecule has 0 aliphatic heterocycles. The van der Waals surface area contributed by atoms with Crippen molar-refractivity contribution in [1.29, 1.82) is 0 Å². The Hall–Kier alpha value is -1.14. The topological polar surface area (TPSA) is 55.1 Å². The van der Waals surface area contributed by atoms with Crippen LogP contribution in [-0.2, 0) is 0 Å². The van der Waals surface area contributed by atoms with Gasteiger partial charge in [0.2, 0.25) is 0 Å². The highest BCUT2D eigenvalue weighted by atomic mass is 35.5. The van der Waals surface area contributed by atoms with E-state index in [1.54, 1.807) is 18.2 Å². The summed E-state index contributed by atoms with van der Waals surface area (Å²) in [6, 6.07) is 4.93. The highest BCUT2D eigenvalue weighted by molar-refractivity contribution is 7.80. The molecule has 1 aromatic heterocycles. The lowest BCUT2D eigenvalue weighted by atomic mass is 10.1. The first-order valence-corrected chi connectivity index (χ1v) is 7.59. The van der Waals surface area contributed by atoms with Gasteiger partial charge in [0.05, 0.1) is 10.7 Å². The molecule has 0 saturated carbocycles. The third-order valence-corrected chi connectivity index (χ3v) is 4.75. The maximum Gasteiger partial charge on any atom is 0.267 e. The van der Waals surface area contributed by atoms with Gasteiger partial charge in [0.25, 0.3) is 5.91 Å². The minimum atomic E-state index is -0.312. The number of hydrogen-bond acceptors (Lipinski definition) is 3. The average Bonchev–Trinajstić information content (AvgIpc) is 2.69. The number of benzene rings is 1. The lowest BCUT2D eigenvalue weighted by Gasteiger charge is -2.10. The Kier molecular flexibility index (Phi) is 4.65. The summed E-state index contributed by atoms with van der Waals surface area (Å²) in [6.45, 7) is 1.84. The van der Waals surface area contributed by atoms with Crippen LogP contribution >= 0.6 is 46.8 Å². The van der Waals surface area contributed by atoms with Crippen molar-refractivity contribution >= 4 is 63.3 Å². The Morgan fingerprint density at radius 3 is 2.65 bits per heavy atom. The summed E-state index contributed by atoms with van der Waals surface area (Å²) >= 11 is 18.2. The maximum atomic E-state index is 12.2. The van der Waals surface area contributed by atoms with E-state index in [0.29, 0.717) is 26.2 Å². The zero-order valence-electron chi connectivity index (χ0n) is 10.4. The molecule has 0 fully saturated rings. The van der Waals surface area contributed by atoms with Gasteiger partial charge in [0.15, 0.2) is 0 Å². The quantitative estimate of drug-likeness (QED) is 0.818. The van der Waals surface area contributed by atoms with Crippen LogP contribution in [0.25, 0.3) is 0 Å². The summed E-state index contributed by atoms with van der Waals surface area (Å²) in [5.41, 5.74) is 7.52. The van der Waals surface area contributed by atoms with Crippen molar-refractivity contribution in [2.24, 2.45) is 5.73 Å². The second-order valence-electron chi connectivity index (χ2n) is 4.07. The van der Waals surface area contributed by atoms with Crippen LogP contribution in [0.2, 0.25) is 10.0 Å². The number of thiophene rings is 1.